The van der Waals surface area contributed by atoms with Crippen molar-refractivity contribution in [3.63, 3.8) is 0 Å². The van der Waals surface area contributed by atoms with Gasteiger partial charge in [0.1, 0.15) is 23.5 Å². The van der Waals surface area contributed by atoms with Crippen molar-refractivity contribution >= 4 is 11.7 Å². The zero-order valence-corrected chi connectivity index (χ0v) is 25.2. The van der Waals surface area contributed by atoms with Gasteiger partial charge in [0.2, 0.25) is 5.91 Å². The van der Waals surface area contributed by atoms with E-state index in [1.807, 2.05) is 12.3 Å². The van der Waals surface area contributed by atoms with E-state index in [1.165, 1.54) is 36.8 Å². The van der Waals surface area contributed by atoms with Crippen molar-refractivity contribution in [3.05, 3.63) is 59.8 Å². The van der Waals surface area contributed by atoms with Crippen LogP contribution in [-0.2, 0) is 10.2 Å². The fourth-order valence-electron chi connectivity index (χ4n) is 7.73. The molecular weight excluding hydrogens is 510 g/mol. The standard InChI is InChI=1S/C35H45N3O3/c1-24(2)32-37-29(22-41-32)27-12-19-36-31(21-27)38(33(39)26-8-6-5-7-9-26)23-34-13-16-35(17-14-34,18-15-34)28-10-11-30(40-4)25(3)20-28/h10-12,19-22,24,26H,5-9,13-18,23H2,1-4H3. The van der Waals surface area contributed by atoms with Crippen LogP contribution >= 0.6 is 0 Å². The number of carbonyl (C=O) groups excluding carboxylic acids is 1. The number of hydrogen-bond donors (Lipinski definition) is 0. The van der Waals surface area contributed by atoms with Crippen LogP contribution in [0.25, 0.3) is 11.3 Å². The van der Waals surface area contributed by atoms with Crippen molar-refractivity contribution in [2.75, 3.05) is 18.6 Å². The summed E-state index contributed by atoms with van der Waals surface area (Å²) in [7, 11) is 1.75. The van der Waals surface area contributed by atoms with Crippen LogP contribution in [0.2, 0.25) is 0 Å². The molecule has 2 aromatic heterocycles. The lowest BCUT2D eigenvalue weighted by Gasteiger charge is -2.55. The highest BCUT2D eigenvalue weighted by atomic mass is 16.5. The number of hydrogen-bond acceptors (Lipinski definition) is 5. The van der Waals surface area contributed by atoms with Gasteiger partial charge in [0.25, 0.3) is 0 Å². The molecule has 1 amide bonds. The first-order valence-corrected chi connectivity index (χ1v) is 15.7. The van der Waals surface area contributed by atoms with Gasteiger partial charge in [0.05, 0.1) is 7.11 Å². The zero-order valence-electron chi connectivity index (χ0n) is 25.2. The fourth-order valence-corrected chi connectivity index (χ4v) is 7.73. The van der Waals surface area contributed by atoms with Gasteiger partial charge in [0.15, 0.2) is 5.89 Å². The lowest BCUT2D eigenvalue weighted by Crippen LogP contribution is -2.51. The van der Waals surface area contributed by atoms with Gasteiger partial charge in [-0.3, -0.25) is 9.69 Å². The second-order valence-corrected chi connectivity index (χ2v) is 13.4. The van der Waals surface area contributed by atoms with Gasteiger partial charge in [-0.15, -0.1) is 0 Å². The average molecular weight is 556 g/mol. The summed E-state index contributed by atoms with van der Waals surface area (Å²) in [6.45, 7) is 7.06. The molecular formula is C35H45N3O3. The molecule has 7 rings (SSSR count). The maximum absolute atomic E-state index is 14.2. The molecule has 0 radical (unpaired) electrons. The molecule has 41 heavy (non-hydrogen) atoms. The van der Waals surface area contributed by atoms with E-state index in [2.05, 4.69) is 49.9 Å². The second-order valence-electron chi connectivity index (χ2n) is 13.4. The molecule has 3 aromatic rings. The molecule has 0 atom stereocenters. The summed E-state index contributed by atoms with van der Waals surface area (Å²) < 4.78 is 11.3. The number of anilines is 1. The molecule has 0 aliphatic heterocycles. The van der Waals surface area contributed by atoms with Gasteiger partial charge in [-0.1, -0.05) is 45.2 Å². The summed E-state index contributed by atoms with van der Waals surface area (Å²) in [5.74, 6) is 3.03. The number of methoxy groups -OCH3 is 1. The number of pyridine rings is 1. The van der Waals surface area contributed by atoms with Gasteiger partial charge in [-0.05, 0) is 98.4 Å². The minimum atomic E-state index is 0.0961. The average Bonchev–Trinajstić information content (AvgIpc) is 3.52. The number of aryl methyl sites for hydroxylation is 1. The molecule has 4 aliphatic rings. The Kier molecular flexibility index (Phi) is 7.69. The van der Waals surface area contributed by atoms with Crippen LogP contribution in [-0.4, -0.2) is 29.5 Å². The first kappa shape index (κ1) is 28.0. The Bertz CT molecular complexity index is 1360. The van der Waals surface area contributed by atoms with Crippen LogP contribution in [0.1, 0.15) is 107 Å². The summed E-state index contributed by atoms with van der Waals surface area (Å²) in [4.78, 5) is 25.8. The van der Waals surface area contributed by atoms with E-state index in [1.54, 1.807) is 13.4 Å². The van der Waals surface area contributed by atoms with E-state index in [-0.39, 0.29) is 28.6 Å². The highest BCUT2D eigenvalue weighted by Crippen LogP contribution is 2.58. The first-order valence-electron chi connectivity index (χ1n) is 15.7. The predicted octanol–water partition coefficient (Wildman–Crippen LogP) is 8.38. The van der Waals surface area contributed by atoms with Crippen molar-refractivity contribution in [2.24, 2.45) is 11.3 Å². The van der Waals surface area contributed by atoms with Crippen LogP contribution in [0.3, 0.4) is 0 Å². The maximum Gasteiger partial charge on any atom is 0.231 e. The van der Waals surface area contributed by atoms with Crippen LogP contribution in [0.15, 0.2) is 47.2 Å². The van der Waals surface area contributed by atoms with Crippen LogP contribution in [0.4, 0.5) is 5.82 Å². The largest absolute Gasteiger partial charge is 0.496 e. The minimum absolute atomic E-state index is 0.0961. The molecule has 6 heteroatoms. The molecule has 1 aromatic carbocycles. The first-order chi connectivity index (χ1) is 19.8. The van der Waals surface area contributed by atoms with Crippen molar-refractivity contribution < 1.29 is 13.9 Å². The lowest BCUT2D eigenvalue weighted by atomic mass is 9.51. The quantitative estimate of drug-likeness (QED) is 0.279. The highest BCUT2D eigenvalue weighted by Gasteiger charge is 2.50. The Balaban J connectivity index is 1.27. The Hall–Kier alpha value is -3.15. The van der Waals surface area contributed by atoms with E-state index in [9.17, 15) is 4.79 Å². The minimum Gasteiger partial charge on any atom is -0.496 e. The van der Waals surface area contributed by atoms with E-state index >= 15 is 0 Å². The number of fused-ring (bicyclic) bond motifs is 3. The van der Waals surface area contributed by atoms with Crippen LogP contribution in [0.5, 0.6) is 5.75 Å². The Morgan fingerprint density at radius 2 is 1.78 bits per heavy atom. The number of carbonyl (C=O) groups is 1. The van der Waals surface area contributed by atoms with E-state index in [0.717, 1.165) is 80.2 Å². The molecule has 2 heterocycles. The summed E-state index contributed by atoms with van der Waals surface area (Å²) in [6.07, 6.45) is 16.0. The van der Waals surface area contributed by atoms with E-state index < -0.39 is 0 Å². The summed E-state index contributed by atoms with van der Waals surface area (Å²) in [6, 6.07) is 10.8. The van der Waals surface area contributed by atoms with Crippen molar-refractivity contribution in [2.45, 2.75) is 103 Å². The van der Waals surface area contributed by atoms with Gasteiger partial charge in [0, 0.05) is 30.1 Å². The predicted molar refractivity (Wildman–Crippen MR) is 162 cm³/mol. The SMILES string of the molecule is COc1ccc(C23CCC(CN(C(=O)C4CCCCC4)c4cc(-c5coc(C(C)C)n5)ccn4)(CC2)CC3)cc1C. The van der Waals surface area contributed by atoms with Crippen LogP contribution < -0.4 is 9.64 Å². The van der Waals surface area contributed by atoms with E-state index in [0.29, 0.717) is 0 Å². The summed E-state index contributed by atoms with van der Waals surface area (Å²) in [5, 5.41) is 0. The van der Waals surface area contributed by atoms with Gasteiger partial charge in [-0.25, -0.2) is 9.97 Å². The Morgan fingerprint density at radius 3 is 2.41 bits per heavy atom. The number of benzene rings is 1. The normalized spacial score (nSPS) is 24.5. The topological polar surface area (TPSA) is 68.5 Å². The van der Waals surface area contributed by atoms with Gasteiger partial charge >= 0.3 is 0 Å². The fraction of sp³-hybridized carbons (Fsp3) is 0.571. The summed E-state index contributed by atoms with van der Waals surface area (Å²) in [5.41, 5.74) is 4.81. The third-order valence-electron chi connectivity index (χ3n) is 10.5. The number of ether oxygens (including phenoxy) is 1. The molecule has 0 spiro atoms. The summed E-state index contributed by atoms with van der Waals surface area (Å²) >= 11 is 0. The molecule has 0 saturated heterocycles. The second kappa shape index (κ2) is 11.3. The number of rotatable bonds is 8. The van der Waals surface area contributed by atoms with Gasteiger partial charge < -0.3 is 9.15 Å². The Morgan fingerprint density at radius 1 is 1.05 bits per heavy atom. The molecule has 0 unspecified atom stereocenters. The molecule has 4 saturated carbocycles. The zero-order chi connectivity index (χ0) is 28.6. The lowest BCUT2D eigenvalue weighted by molar-refractivity contribution is -0.124. The van der Waals surface area contributed by atoms with E-state index in [4.69, 9.17) is 19.1 Å². The third-order valence-corrected chi connectivity index (χ3v) is 10.5. The van der Waals surface area contributed by atoms with Crippen molar-refractivity contribution in [1.82, 2.24) is 9.97 Å². The van der Waals surface area contributed by atoms with Crippen molar-refractivity contribution in [3.8, 4) is 17.0 Å². The smallest absolute Gasteiger partial charge is 0.231 e. The molecule has 6 nitrogen and oxygen atoms in total. The highest BCUT2D eigenvalue weighted by molar-refractivity contribution is 5.94. The number of amides is 1. The molecule has 4 fully saturated rings. The van der Waals surface area contributed by atoms with Gasteiger partial charge in [-0.2, -0.15) is 0 Å². The molecule has 218 valence electrons. The molecule has 4 aliphatic carbocycles. The maximum atomic E-state index is 14.2. The number of oxazole rings is 1. The monoisotopic (exact) mass is 555 g/mol. The van der Waals surface area contributed by atoms with Crippen LogP contribution in [0, 0.1) is 18.3 Å². The number of nitrogens with zero attached hydrogens (tertiary/aromatic N) is 3. The molecule has 2 bridgehead atoms. The Labute approximate surface area is 244 Å². The molecule has 0 N–H and O–H groups in total. The van der Waals surface area contributed by atoms with Crippen molar-refractivity contribution in [1.29, 1.82) is 0 Å². The number of aromatic nitrogens is 2. The third kappa shape index (κ3) is 5.42.